The minimum atomic E-state index is -0.336. The summed E-state index contributed by atoms with van der Waals surface area (Å²) in [4.78, 5) is 18.5. The summed E-state index contributed by atoms with van der Waals surface area (Å²) in [6.45, 7) is 5.44. The van der Waals surface area contributed by atoms with Crippen molar-refractivity contribution in [2.24, 2.45) is 13.0 Å². The molecule has 3 aromatic rings. The van der Waals surface area contributed by atoms with Crippen LogP contribution in [0.3, 0.4) is 0 Å². The molecule has 2 N–H and O–H groups in total. The minimum absolute atomic E-state index is 0.239. The van der Waals surface area contributed by atoms with Crippen molar-refractivity contribution in [3.8, 4) is 11.8 Å². The lowest BCUT2D eigenvalue weighted by atomic mass is 9.57. The van der Waals surface area contributed by atoms with Crippen LogP contribution in [0.2, 0.25) is 0 Å². The van der Waals surface area contributed by atoms with Gasteiger partial charge in [-0.3, -0.25) is 4.79 Å². The maximum absolute atomic E-state index is 13.7. The minimum Gasteiger partial charge on any atom is -0.490 e. The van der Waals surface area contributed by atoms with Crippen molar-refractivity contribution in [2.75, 3.05) is 11.9 Å². The Morgan fingerprint density at radius 3 is 2.67 bits per heavy atom. The molecule has 2 aromatic heterocycles. The van der Waals surface area contributed by atoms with Crippen molar-refractivity contribution >= 4 is 11.6 Å². The summed E-state index contributed by atoms with van der Waals surface area (Å²) < 4.78 is 8.09. The molecule has 0 spiro atoms. The second-order valence-electron chi connectivity index (χ2n) is 13.1. The van der Waals surface area contributed by atoms with E-state index in [-0.39, 0.29) is 16.7 Å². The first-order valence-corrected chi connectivity index (χ1v) is 15.3. The van der Waals surface area contributed by atoms with Gasteiger partial charge in [0.05, 0.1) is 23.8 Å². The number of carbonyl (C=O) groups is 1. The van der Waals surface area contributed by atoms with Gasteiger partial charge in [-0.15, -0.1) is 10.2 Å². The van der Waals surface area contributed by atoms with Crippen LogP contribution >= 0.6 is 0 Å². The van der Waals surface area contributed by atoms with Crippen LogP contribution in [-0.2, 0) is 24.4 Å². The summed E-state index contributed by atoms with van der Waals surface area (Å²) in [7, 11) is 1.95. The molecule has 3 heterocycles. The standard InChI is InChI=1S/C33H41N7O2/c1-32(2)20-42-28-23(19-35-25-10-6-4-5-7-11-25)15-27(38-29(28)32)30(41)37-26-12-8-9-24(16-26)33(17-22(18-33)13-14-34)31-39-36-21-40(31)3/h8-9,12,15-16,21-22,25,35H,4-7,10-11,13,17-20H2,1-3H3,(H,37,41). The summed E-state index contributed by atoms with van der Waals surface area (Å²) in [5.74, 6) is 1.78. The summed E-state index contributed by atoms with van der Waals surface area (Å²) in [6.07, 6.45) is 11.4. The number of nitrogens with one attached hydrogen (secondary N) is 2. The Labute approximate surface area is 248 Å². The molecule has 9 heteroatoms. The number of benzene rings is 1. The second-order valence-corrected chi connectivity index (χ2v) is 13.1. The van der Waals surface area contributed by atoms with Crippen molar-refractivity contribution in [1.82, 2.24) is 25.1 Å². The molecule has 2 aliphatic carbocycles. The molecule has 0 atom stereocenters. The van der Waals surface area contributed by atoms with Crippen LogP contribution in [-0.4, -0.2) is 38.3 Å². The summed E-state index contributed by atoms with van der Waals surface area (Å²) >= 11 is 0. The zero-order chi connectivity index (χ0) is 29.3. The quantitative estimate of drug-likeness (QED) is 0.343. The number of hydrogen-bond acceptors (Lipinski definition) is 7. The van der Waals surface area contributed by atoms with Gasteiger partial charge in [0.15, 0.2) is 0 Å². The summed E-state index contributed by atoms with van der Waals surface area (Å²) in [5.41, 5.74) is 3.41. The molecule has 0 unspecified atom stereocenters. The molecule has 3 aliphatic rings. The molecule has 1 amide bonds. The zero-order valence-electron chi connectivity index (χ0n) is 24.9. The van der Waals surface area contributed by atoms with Gasteiger partial charge in [-0.05, 0) is 55.4 Å². The predicted molar refractivity (Wildman–Crippen MR) is 160 cm³/mol. The van der Waals surface area contributed by atoms with Crippen LogP contribution in [0.25, 0.3) is 0 Å². The smallest absolute Gasteiger partial charge is 0.274 e. The fourth-order valence-corrected chi connectivity index (χ4v) is 7.07. The number of anilines is 1. The molecule has 2 fully saturated rings. The number of hydrogen-bond donors (Lipinski definition) is 2. The topological polar surface area (TPSA) is 118 Å². The Morgan fingerprint density at radius 1 is 1.17 bits per heavy atom. The highest BCUT2D eigenvalue weighted by molar-refractivity contribution is 6.03. The van der Waals surface area contributed by atoms with Crippen molar-refractivity contribution in [1.29, 1.82) is 5.26 Å². The molecule has 6 rings (SSSR count). The fourth-order valence-electron chi connectivity index (χ4n) is 7.07. The molecule has 9 nitrogen and oxygen atoms in total. The Kier molecular flexibility index (Phi) is 7.75. The highest BCUT2D eigenvalue weighted by Crippen LogP contribution is 2.53. The van der Waals surface area contributed by atoms with E-state index >= 15 is 0 Å². The Balaban J connectivity index is 1.25. The van der Waals surface area contributed by atoms with Gasteiger partial charge in [0.2, 0.25) is 0 Å². The maximum Gasteiger partial charge on any atom is 0.274 e. The number of aryl methyl sites for hydroxylation is 1. The third kappa shape index (κ3) is 5.40. The number of amides is 1. The largest absolute Gasteiger partial charge is 0.490 e. The normalized spacial score (nSPS) is 23.2. The monoisotopic (exact) mass is 567 g/mol. The van der Waals surface area contributed by atoms with E-state index in [4.69, 9.17) is 9.72 Å². The molecular formula is C33H41N7O2. The van der Waals surface area contributed by atoms with Crippen molar-refractivity contribution in [2.45, 2.75) is 95.1 Å². The van der Waals surface area contributed by atoms with E-state index in [1.165, 1.54) is 38.5 Å². The van der Waals surface area contributed by atoms with Gasteiger partial charge in [-0.25, -0.2) is 4.98 Å². The van der Waals surface area contributed by atoms with Gasteiger partial charge in [-0.2, -0.15) is 5.26 Å². The molecule has 2 saturated carbocycles. The second kappa shape index (κ2) is 11.5. The lowest BCUT2D eigenvalue weighted by Gasteiger charge is -2.46. The maximum atomic E-state index is 13.7. The van der Waals surface area contributed by atoms with Gasteiger partial charge in [0, 0.05) is 42.7 Å². The first-order valence-electron chi connectivity index (χ1n) is 15.3. The average molecular weight is 568 g/mol. The molecule has 0 saturated heterocycles. The van der Waals surface area contributed by atoms with E-state index in [9.17, 15) is 10.1 Å². The first kappa shape index (κ1) is 28.4. The molecule has 0 radical (unpaired) electrons. The van der Waals surface area contributed by atoms with Crippen molar-refractivity contribution in [3.05, 3.63) is 65.0 Å². The van der Waals surface area contributed by atoms with Gasteiger partial charge in [-0.1, -0.05) is 51.7 Å². The molecule has 220 valence electrons. The van der Waals surface area contributed by atoms with Gasteiger partial charge >= 0.3 is 0 Å². The highest BCUT2D eigenvalue weighted by Gasteiger charge is 2.49. The van der Waals surface area contributed by atoms with Crippen LogP contribution in [0.1, 0.15) is 105 Å². The number of ether oxygens (including phenoxy) is 1. The number of carbonyl (C=O) groups excluding carboxylic acids is 1. The number of aromatic nitrogens is 4. The van der Waals surface area contributed by atoms with Crippen LogP contribution in [0.5, 0.6) is 5.75 Å². The van der Waals surface area contributed by atoms with Crippen molar-refractivity contribution in [3.63, 3.8) is 0 Å². The first-order chi connectivity index (χ1) is 20.3. The molecule has 0 bridgehead atoms. The van der Waals surface area contributed by atoms with Gasteiger partial charge in [0.1, 0.15) is 23.6 Å². The van der Waals surface area contributed by atoms with E-state index in [1.54, 1.807) is 6.33 Å². The summed E-state index contributed by atoms with van der Waals surface area (Å²) in [6, 6.07) is 12.7. The van der Waals surface area contributed by atoms with E-state index < -0.39 is 0 Å². The fraction of sp³-hybridized carbons (Fsp3) is 0.545. The number of fused-ring (bicyclic) bond motifs is 1. The third-order valence-corrected chi connectivity index (χ3v) is 9.40. The third-order valence-electron chi connectivity index (χ3n) is 9.40. The molecule has 42 heavy (non-hydrogen) atoms. The Morgan fingerprint density at radius 2 is 1.95 bits per heavy atom. The van der Waals surface area contributed by atoms with Gasteiger partial charge < -0.3 is 19.9 Å². The highest BCUT2D eigenvalue weighted by atomic mass is 16.5. The summed E-state index contributed by atoms with van der Waals surface area (Å²) in [5, 5.41) is 24.7. The molecular weight excluding hydrogens is 526 g/mol. The zero-order valence-corrected chi connectivity index (χ0v) is 24.9. The van der Waals surface area contributed by atoms with Crippen LogP contribution in [0.15, 0.2) is 36.7 Å². The predicted octanol–water partition coefficient (Wildman–Crippen LogP) is 5.55. The SMILES string of the molecule is Cn1cnnc1C1(c2cccc(NC(=O)c3cc(CNC4CCCCCC4)c4c(n3)C(C)(C)CO4)c2)CC(CC#N)C1. The number of nitrogens with zero attached hydrogens (tertiary/aromatic N) is 5. The van der Waals surface area contributed by atoms with E-state index in [1.807, 2.05) is 35.9 Å². The lowest BCUT2D eigenvalue weighted by Crippen LogP contribution is -2.44. The Bertz CT molecular complexity index is 1490. The Hall–Kier alpha value is -3.77. The molecule has 1 aromatic carbocycles. The van der Waals surface area contributed by atoms with Gasteiger partial charge in [0.25, 0.3) is 5.91 Å². The van der Waals surface area contributed by atoms with E-state index in [2.05, 4.69) is 46.8 Å². The van der Waals surface area contributed by atoms with Crippen LogP contribution < -0.4 is 15.4 Å². The number of rotatable bonds is 8. The van der Waals surface area contributed by atoms with E-state index in [0.717, 1.165) is 41.2 Å². The number of nitriles is 1. The van der Waals surface area contributed by atoms with E-state index in [0.29, 0.717) is 42.9 Å². The molecule has 1 aliphatic heterocycles. The van der Waals surface area contributed by atoms with Crippen LogP contribution in [0.4, 0.5) is 5.69 Å². The average Bonchev–Trinajstić information content (AvgIpc) is 3.40. The van der Waals surface area contributed by atoms with Crippen molar-refractivity contribution < 1.29 is 9.53 Å². The van der Waals surface area contributed by atoms with Crippen LogP contribution in [0, 0.1) is 17.2 Å². The number of pyridine rings is 1. The lowest BCUT2D eigenvalue weighted by molar-refractivity contribution is 0.102.